The van der Waals surface area contributed by atoms with Gasteiger partial charge in [-0.05, 0) is 44.8 Å². The number of urea groups is 1. The smallest absolute Gasteiger partial charge is 0.317 e. The molecular formula is C15H28N2O2S. The molecule has 0 bridgehead atoms. The Balaban J connectivity index is 1.77. The minimum atomic E-state index is 0.0557. The molecule has 2 amide bonds. The van der Waals surface area contributed by atoms with Gasteiger partial charge in [0.1, 0.15) is 0 Å². The molecule has 20 heavy (non-hydrogen) atoms. The number of ether oxygens (including phenoxy) is 1. The number of rotatable bonds is 5. The Morgan fingerprint density at radius 2 is 2.25 bits per heavy atom. The monoisotopic (exact) mass is 300 g/mol. The Morgan fingerprint density at radius 3 is 2.90 bits per heavy atom. The van der Waals surface area contributed by atoms with Gasteiger partial charge in [0.15, 0.2) is 0 Å². The third kappa shape index (κ3) is 4.04. The lowest BCUT2D eigenvalue weighted by atomic mass is 10.1. The van der Waals surface area contributed by atoms with Gasteiger partial charge in [-0.2, -0.15) is 11.8 Å². The molecule has 0 aromatic rings. The van der Waals surface area contributed by atoms with E-state index in [0.29, 0.717) is 6.04 Å². The maximum Gasteiger partial charge on any atom is 0.317 e. The number of carbonyl (C=O) groups is 1. The van der Waals surface area contributed by atoms with Gasteiger partial charge in [-0.25, -0.2) is 4.79 Å². The van der Waals surface area contributed by atoms with Gasteiger partial charge in [0.2, 0.25) is 0 Å². The molecule has 0 aromatic carbocycles. The molecule has 116 valence electrons. The fraction of sp³-hybridized carbons (Fsp3) is 0.933. The lowest BCUT2D eigenvalue weighted by Crippen LogP contribution is -2.49. The van der Waals surface area contributed by atoms with Crippen LogP contribution in [-0.2, 0) is 4.74 Å². The normalized spacial score (nSPS) is 31.2. The minimum Gasteiger partial charge on any atom is -0.376 e. The summed E-state index contributed by atoms with van der Waals surface area (Å²) < 4.78 is 5.63. The summed E-state index contributed by atoms with van der Waals surface area (Å²) in [5.74, 6) is 1.17. The molecule has 5 heteroatoms. The van der Waals surface area contributed by atoms with Crippen LogP contribution in [0.25, 0.3) is 0 Å². The van der Waals surface area contributed by atoms with Gasteiger partial charge in [0.25, 0.3) is 0 Å². The predicted molar refractivity (Wildman–Crippen MR) is 84.3 cm³/mol. The van der Waals surface area contributed by atoms with Crippen LogP contribution in [0.4, 0.5) is 4.79 Å². The summed E-state index contributed by atoms with van der Waals surface area (Å²) in [6, 6.07) is 0.561. The maximum atomic E-state index is 12.3. The second kappa shape index (κ2) is 7.55. The standard InChI is InChI=1S/C15H28N2O2S/c1-4-20-13-8-7-12(10-13)17(3)15(18)16-11(2)14-6-5-9-19-14/h11-14H,4-10H2,1-3H3,(H,16,18)/t11-,12-,13+,14-/m0/s1. The van der Waals surface area contributed by atoms with Gasteiger partial charge >= 0.3 is 6.03 Å². The van der Waals surface area contributed by atoms with Crippen LogP contribution in [0.3, 0.4) is 0 Å². The van der Waals surface area contributed by atoms with E-state index in [1.165, 1.54) is 12.2 Å². The van der Waals surface area contributed by atoms with E-state index in [2.05, 4.69) is 12.2 Å². The fourth-order valence-electron chi connectivity index (χ4n) is 3.21. The summed E-state index contributed by atoms with van der Waals surface area (Å²) in [4.78, 5) is 14.2. The summed E-state index contributed by atoms with van der Waals surface area (Å²) in [6.45, 7) is 5.09. The number of thioether (sulfide) groups is 1. The molecule has 4 atom stereocenters. The first kappa shape index (κ1) is 16.0. The molecule has 2 rings (SSSR count). The van der Waals surface area contributed by atoms with E-state index in [9.17, 15) is 4.79 Å². The van der Waals surface area contributed by atoms with Crippen molar-refractivity contribution in [3.8, 4) is 0 Å². The largest absolute Gasteiger partial charge is 0.376 e. The molecule has 2 fully saturated rings. The third-order valence-corrected chi connectivity index (χ3v) is 5.73. The van der Waals surface area contributed by atoms with Gasteiger partial charge in [-0.1, -0.05) is 6.92 Å². The van der Waals surface area contributed by atoms with Crippen molar-refractivity contribution in [3.63, 3.8) is 0 Å². The zero-order valence-corrected chi connectivity index (χ0v) is 13.7. The molecule has 0 radical (unpaired) electrons. The van der Waals surface area contributed by atoms with E-state index < -0.39 is 0 Å². The Morgan fingerprint density at radius 1 is 1.45 bits per heavy atom. The zero-order chi connectivity index (χ0) is 14.5. The first-order valence-electron chi connectivity index (χ1n) is 7.88. The van der Waals surface area contributed by atoms with Crippen LogP contribution in [0.15, 0.2) is 0 Å². The van der Waals surface area contributed by atoms with E-state index in [4.69, 9.17) is 4.74 Å². The Hall–Kier alpha value is -0.420. The van der Waals surface area contributed by atoms with Crippen molar-refractivity contribution >= 4 is 17.8 Å². The van der Waals surface area contributed by atoms with E-state index in [1.807, 2.05) is 30.6 Å². The number of hydrogen-bond donors (Lipinski definition) is 1. The number of amides is 2. The highest BCUT2D eigenvalue weighted by molar-refractivity contribution is 7.99. The first-order chi connectivity index (χ1) is 9.61. The van der Waals surface area contributed by atoms with Crippen molar-refractivity contribution in [2.24, 2.45) is 0 Å². The average molecular weight is 300 g/mol. The quantitative estimate of drug-likeness (QED) is 0.849. The van der Waals surface area contributed by atoms with Crippen molar-refractivity contribution in [2.45, 2.75) is 69.4 Å². The number of carbonyl (C=O) groups excluding carboxylic acids is 1. The molecule has 1 heterocycles. The molecule has 1 N–H and O–H groups in total. The van der Waals surface area contributed by atoms with Gasteiger partial charge in [-0.15, -0.1) is 0 Å². The van der Waals surface area contributed by atoms with Gasteiger partial charge in [0, 0.05) is 24.9 Å². The van der Waals surface area contributed by atoms with Crippen molar-refractivity contribution in [2.75, 3.05) is 19.4 Å². The summed E-state index contributed by atoms with van der Waals surface area (Å²) >= 11 is 2.03. The number of nitrogens with zero attached hydrogens (tertiary/aromatic N) is 1. The highest BCUT2D eigenvalue weighted by atomic mass is 32.2. The Bertz CT molecular complexity index is 321. The fourth-order valence-corrected chi connectivity index (χ4v) is 4.34. The molecule has 4 nitrogen and oxygen atoms in total. The summed E-state index contributed by atoms with van der Waals surface area (Å²) in [5.41, 5.74) is 0. The van der Waals surface area contributed by atoms with Crippen LogP contribution in [-0.4, -0.2) is 53.8 Å². The van der Waals surface area contributed by atoms with Crippen molar-refractivity contribution in [3.05, 3.63) is 0 Å². The van der Waals surface area contributed by atoms with Crippen LogP contribution in [0.1, 0.15) is 46.0 Å². The topological polar surface area (TPSA) is 41.6 Å². The minimum absolute atomic E-state index is 0.0557. The van der Waals surface area contributed by atoms with Crippen LogP contribution in [0, 0.1) is 0 Å². The van der Waals surface area contributed by atoms with E-state index in [1.54, 1.807) is 0 Å². The van der Waals surface area contributed by atoms with Crippen molar-refractivity contribution < 1.29 is 9.53 Å². The molecular weight excluding hydrogens is 272 g/mol. The second-order valence-corrected chi connectivity index (χ2v) is 7.52. The summed E-state index contributed by atoms with van der Waals surface area (Å²) in [6.07, 6.45) is 5.87. The maximum absolute atomic E-state index is 12.3. The van der Waals surface area contributed by atoms with E-state index in [-0.39, 0.29) is 18.2 Å². The lowest BCUT2D eigenvalue weighted by Gasteiger charge is -2.28. The van der Waals surface area contributed by atoms with Gasteiger partial charge in [-0.3, -0.25) is 0 Å². The highest BCUT2D eigenvalue weighted by Crippen LogP contribution is 2.32. The van der Waals surface area contributed by atoms with E-state index >= 15 is 0 Å². The van der Waals surface area contributed by atoms with Gasteiger partial charge < -0.3 is 15.0 Å². The average Bonchev–Trinajstić information content (AvgIpc) is 3.09. The molecule has 0 spiro atoms. The van der Waals surface area contributed by atoms with Crippen LogP contribution in [0.2, 0.25) is 0 Å². The second-order valence-electron chi connectivity index (χ2n) is 5.94. The number of nitrogens with one attached hydrogen (secondary N) is 1. The lowest BCUT2D eigenvalue weighted by molar-refractivity contribution is 0.0829. The van der Waals surface area contributed by atoms with Crippen LogP contribution >= 0.6 is 11.8 Å². The van der Waals surface area contributed by atoms with Gasteiger partial charge in [0.05, 0.1) is 12.1 Å². The summed E-state index contributed by atoms with van der Waals surface area (Å²) in [7, 11) is 1.93. The predicted octanol–water partition coefficient (Wildman–Crippen LogP) is 2.87. The molecule has 1 aliphatic carbocycles. The number of hydrogen-bond acceptors (Lipinski definition) is 3. The molecule has 1 saturated heterocycles. The van der Waals surface area contributed by atoms with E-state index in [0.717, 1.165) is 37.5 Å². The molecule has 0 aromatic heterocycles. The Labute approximate surface area is 127 Å². The van der Waals surface area contributed by atoms with Crippen LogP contribution in [0.5, 0.6) is 0 Å². The third-order valence-electron chi connectivity index (χ3n) is 4.50. The van der Waals surface area contributed by atoms with Crippen molar-refractivity contribution in [1.82, 2.24) is 10.2 Å². The summed E-state index contributed by atoms with van der Waals surface area (Å²) in [5, 5.41) is 3.83. The molecule has 0 unspecified atom stereocenters. The molecule has 1 aliphatic heterocycles. The zero-order valence-electron chi connectivity index (χ0n) is 12.9. The Kier molecular flexibility index (Phi) is 6.02. The first-order valence-corrected chi connectivity index (χ1v) is 8.93. The van der Waals surface area contributed by atoms with Crippen LogP contribution < -0.4 is 5.32 Å². The SMILES string of the molecule is CCS[C@@H]1CC[C@H](N(C)C(=O)N[C@@H](C)[C@@H]2CCCO2)C1. The van der Waals surface area contributed by atoms with Crippen molar-refractivity contribution in [1.29, 1.82) is 0 Å². The molecule has 2 aliphatic rings. The highest BCUT2D eigenvalue weighted by Gasteiger charge is 2.31. The molecule has 1 saturated carbocycles.